The maximum Gasteiger partial charge on any atom is 0.319 e. The van der Waals surface area contributed by atoms with E-state index >= 15 is 0 Å². The van der Waals surface area contributed by atoms with Gasteiger partial charge < -0.3 is 24.3 Å². The van der Waals surface area contributed by atoms with Crippen molar-refractivity contribution in [2.75, 3.05) is 61.2 Å². The van der Waals surface area contributed by atoms with E-state index in [0.717, 1.165) is 32.1 Å². The van der Waals surface area contributed by atoms with Gasteiger partial charge in [-0.05, 0) is 19.3 Å². The molecule has 190 valence electrons. The van der Waals surface area contributed by atoms with Gasteiger partial charge in [-0.15, -0.1) is 0 Å². The number of rotatable bonds is 14. The molecule has 0 amide bonds. The molecule has 0 aromatic rings. The summed E-state index contributed by atoms with van der Waals surface area (Å²) in [5.41, 5.74) is 0. The predicted octanol–water partition coefficient (Wildman–Crippen LogP) is -0.0382. The van der Waals surface area contributed by atoms with Crippen molar-refractivity contribution in [2.24, 2.45) is 0 Å². The third-order valence-corrected chi connectivity index (χ3v) is 6.02. The second-order valence-corrected chi connectivity index (χ2v) is 8.04. The smallest absolute Gasteiger partial charge is 0.319 e. The minimum atomic E-state index is -0.450. The number of hydrogen-bond acceptors (Lipinski definition) is 11. The average molecular weight is 474 g/mol. The van der Waals surface area contributed by atoms with Crippen molar-refractivity contribution in [1.82, 2.24) is 15.1 Å². The minimum absolute atomic E-state index is 0.0539. The molecule has 0 heterocycles. The Hall–Kier alpha value is -2.24. The average Bonchev–Trinajstić information content (AvgIpc) is 2.84. The van der Waals surface area contributed by atoms with Crippen molar-refractivity contribution >= 4 is 23.9 Å². The van der Waals surface area contributed by atoms with Crippen molar-refractivity contribution in [1.29, 1.82) is 0 Å². The Morgan fingerprint density at radius 3 is 1.61 bits per heavy atom. The first-order valence-electron chi connectivity index (χ1n) is 11.3. The number of carbonyl (C=O) groups is 4. The third-order valence-electron chi connectivity index (χ3n) is 6.02. The number of hydrogen-bond donors (Lipinski definition) is 1. The van der Waals surface area contributed by atoms with Gasteiger partial charge in [0.25, 0.3) is 0 Å². The van der Waals surface area contributed by atoms with E-state index in [1.54, 1.807) is 4.90 Å². The lowest BCUT2D eigenvalue weighted by atomic mass is 9.87. The van der Waals surface area contributed by atoms with Gasteiger partial charge in [-0.25, -0.2) is 0 Å². The predicted molar refractivity (Wildman–Crippen MR) is 119 cm³/mol. The zero-order chi connectivity index (χ0) is 24.8. The first kappa shape index (κ1) is 28.8. The van der Waals surface area contributed by atoms with E-state index in [0.29, 0.717) is 6.54 Å². The Morgan fingerprint density at radius 2 is 1.18 bits per heavy atom. The molecule has 11 heteroatoms. The van der Waals surface area contributed by atoms with E-state index in [-0.39, 0.29) is 56.2 Å². The molecule has 1 aliphatic carbocycles. The Balaban J connectivity index is 3.15. The van der Waals surface area contributed by atoms with Crippen LogP contribution in [0, 0.1) is 0 Å². The Morgan fingerprint density at radius 1 is 0.758 bits per heavy atom. The summed E-state index contributed by atoms with van der Waals surface area (Å²) in [5, 5.41) is 3.18. The highest BCUT2D eigenvalue weighted by Gasteiger charge is 2.37. The van der Waals surface area contributed by atoms with Crippen LogP contribution in [-0.2, 0) is 38.1 Å². The Labute approximate surface area is 196 Å². The summed E-state index contributed by atoms with van der Waals surface area (Å²) in [6, 6.07) is -0.355. The van der Waals surface area contributed by atoms with Crippen LogP contribution in [0.15, 0.2) is 0 Å². The van der Waals surface area contributed by atoms with Gasteiger partial charge in [0.15, 0.2) is 0 Å². The largest absolute Gasteiger partial charge is 0.468 e. The number of methoxy groups -OCH3 is 4. The fourth-order valence-corrected chi connectivity index (χ4v) is 4.16. The van der Waals surface area contributed by atoms with E-state index in [9.17, 15) is 19.2 Å². The van der Waals surface area contributed by atoms with Crippen molar-refractivity contribution < 1.29 is 38.1 Å². The van der Waals surface area contributed by atoms with Crippen LogP contribution in [0.3, 0.4) is 0 Å². The van der Waals surface area contributed by atoms with Crippen LogP contribution >= 0.6 is 0 Å². The molecule has 0 bridgehead atoms. The third kappa shape index (κ3) is 10.1. The SMILES string of the molecule is CC[C@H](CN(CC(=O)OC)[C@H]1CCCC[C@@H]1N(CC(=O)OC)CC(=O)OC)NCC(=O)OC. The van der Waals surface area contributed by atoms with Gasteiger partial charge in [-0.2, -0.15) is 0 Å². The summed E-state index contributed by atoms with van der Waals surface area (Å²) in [6.07, 6.45) is 4.15. The monoisotopic (exact) mass is 473 g/mol. The molecule has 0 unspecified atom stereocenters. The van der Waals surface area contributed by atoms with Gasteiger partial charge in [0, 0.05) is 24.7 Å². The molecule has 1 rings (SSSR count). The second kappa shape index (κ2) is 15.6. The molecular weight excluding hydrogens is 434 g/mol. The number of esters is 4. The zero-order valence-electron chi connectivity index (χ0n) is 20.5. The fraction of sp³-hybridized carbons (Fsp3) is 0.818. The molecule has 11 nitrogen and oxygen atoms in total. The van der Waals surface area contributed by atoms with Gasteiger partial charge >= 0.3 is 23.9 Å². The molecule has 1 saturated carbocycles. The Kier molecular flexibility index (Phi) is 13.6. The molecular formula is C22H39N3O8. The van der Waals surface area contributed by atoms with Crippen molar-refractivity contribution in [3.8, 4) is 0 Å². The van der Waals surface area contributed by atoms with Crippen LogP contribution in [-0.4, -0.2) is 113 Å². The fourth-order valence-electron chi connectivity index (χ4n) is 4.16. The molecule has 1 aliphatic rings. The maximum atomic E-state index is 12.3. The first-order valence-corrected chi connectivity index (χ1v) is 11.3. The summed E-state index contributed by atoms with van der Waals surface area (Å²) in [7, 11) is 5.28. The summed E-state index contributed by atoms with van der Waals surface area (Å²) in [6.45, 7) is 2.47. The molecule has 1 N–H and O–H groups in total. The van der Waals surface area contributed by atoms with Crippen molar-refractivity contribution in [2.45, 2.75) is 57.2 Å². The summed E-state index contributed by atoms with van der Waals surface area (Å²) < 4.78 is 19.3. The van der Waals surface area contributed by atoms with Crippen LogP contribution < -0.4 is 5.32 Å². The number of ether oxygens (including phenoxy) is 4. The Bertz CT molecular complexity index is 627. The minimum Gasteiger partial charge on any atom is -0.468 e. The molecule has 3 atom stereocenters. The van der Waals surface area contributed by atoms with E-state index in [1.807, 2.05) is 11.8 Å². The molecule has 0 aromatic carbocycles. The molecule has 0 aromatic heterocycles. The van der Waals surface area contributed by atoms with Crippen LogP contribution in [0.4, 0.5) is 0 Å². The lowest BCUT2D eigenvalue weighted by Crippen LogP contribution is -2.58. The highest BCUT2D eigenvalue weighted by molar-refractivity contribution is 5.75. The van der Waals surface area contributed by atoms with Crippen LogP contribution in [0.25, 0.3) is 0 Å². The van der Waals surface area contributed by atoms with E-state index in [1.165, 1.54) is 28.4 Å². The standard InChI is InChI=1S/C22H39N3O8/c1-6-16(23-11-19(26)30-2)12-24(13-20(27)31-3)17-9-7-8-10-18(17)25(14-21(28)32-4)15-22(29)33-5/h16-18,23H,6-15H2,1-5H3/t16-,17+,18+/m1/s1. The first-order chi connectivity index (χ1) is 15.8. The lowest BCUT2D eigenvalue weighted by Gasteiger charge is -2.45. The number of nitrogens with zero attached hydrogens (tertiary/aromatic N) is 2. The number of carbonyl (C=O) groups excluding carboxylic acids is 4. The summed E-state index contributed by atoms with van der Waals surface area (Å²) in [5.74, 6) is -1.65. The van der Waals surface area contributed by atoms with Crippen LogP contribution in [0.1, 0.15) is 39.0 Å². The van der Waals surface area contributed by atoms with Gasteiger partial charge in [-0.1, -0.05) is 19.8 Å². The summed E-state index contributed by atoms with van der Waals surface area (Å²) >= 11 is 0. The molecule has 33 heavy (non-hydrogen) atoms. The number of nitrogens with one attached hydrogen (secondary N) is 1. The van der Waals surface area contributed by atoms with E-state index in [2.05, 4.69) is 5.32 Å². The van der Waals surface area contributed by atoms with Gasteiger partial charge in [0.1, 0.15) is 0 Å². The van der Waals surface area contributed by atoms with Gasteiger partial charge in [0.05, 0.1) is 54.6 Å². The summed E-state index contributed by atoms with van der Waals surface area (Å²) in [4.78, 5) is 51.8. The second-order valence-electron chi connectivity index (χ2n) is 8.04. The topological polar surface area (TPSA) is 124 Å². The van der Waals surface area contributed by atoms with Crippen molar-refractivity contribution in [3.63, 3.8) is 0 Å². The molecule has 0 spiro atoms. The van der Waals surface area contributed by atoms with Crippen LogP contribution in [0.5, 0.6) is 0 Å². The molecule has 0 aliphatic heterocycles. The lowest BCUT2D eigenvalue weighted by molar-refractivity contribution is -0.150. The highest BCUT2D eigenvalue weighted by Crippen LogP contribution is 2.28. The quantitative estimate of drug-likeness (QED) is 0.270. The zero-order valence-corrected chi connectivity index (χ0v) is 20.5. The molecule has 0 radical (unpaired) electrons. The van der Waals surface area contributed by atoms with E-state index in [4.69, 9.17) is 18.9 Å². The van der Waals surface area contributed by atoms with E-state index < -0.39 is 11.9 Å². The normalized spacial score (nSPS) is 19.1. The highest BCUT2D eigenvalue weighted by atomic mass is 16.5. The molecule has 0 saturated heterocycles. The van der Waals surface area contributed by atoms with Gasteiger partial charge in [-0.3, -0.25) is 29.0 Å². The van der Waals surface area contributed by atoms with Crippen LogP contribution in [0.2, 0.25) is 0 Å². The van der Waals surface area contributed by atoms with Crippen molar-refractivity contribution in [3.05, 3.63) is 0 Å². The maximum absolute atomic E-state index is 12.3. The molecule has 1 fully saturated rings. The van der Waals surface area contributed by atoms with Gasteiger partial charge in [0.2, 0.25) is 0 Å².